The van der Waals surface area contributed by atoms with Gasteiger partial charge >= 0.3 is 0 Å². The highest BCUT2D eigenvalue weighted by Crippen LogP contribution is 2.48. The van der Waals surface area contributed by atoms with Gasteiger partial charge in [0.2, 0.25) is 5.88 Å². The first-order chi connectivity index (χ1) is 10.4. The van der Waals surface area contributed by atoms with Crippen LogP contribution in [0.4, 0.5) is 0 Å². The summed E-state index contributed by atoms with van der Waals surface area (Å²) in [7, 11) is 0. The van der Waals surface area contributed by atoms with E-state index >= 15 is 0 Å². The van der Waals surface area contributed by atoms with Gasteiger partial charge in [-0.15, -0.1) is 0 Å². The van der Waals surface area contributed by atoms with Gasteiger partial charge in [0.15, 0.2) is 5.78 Å². The summed E-state index contributed by atoms with van der Waals surface area (Å²) in [4.78, 5) is 12.7. The third-order valence-electron chi connectivity index (χ3n) is 4.90. The molecule has 0 spiro atoms. The normalized spacial score (nSPS) is 30.7. The number of nitrogens with zero attached hydrogens (tertiary/aromatic N) is 1. The molecule has 3 aliphatic rings. The van der Waals surface area contributed by atoms with Gasteiger partial charge in [0.25, 0.3) is 0 Å². The second kappa shape index (κ2) is 5.31. The Kier molecular flexibility index (Phi) is 3.60. The molecule has 2 N–H and O–H groups in total. The van der Waals surface area contributed by atoms with Gasteiger partial charge in [-0.1, -0.05) is 26.0 Å². The molecule has 22 heavy (non-hydrogen) atoms. The average molecular weight is 298 g/mol. The molecular weight excluding hydrogens is 276 g/mol. The van der Waals surface area contributed by atoms with Gasteiger partial charge in [-0.2, -0.15) is 5.26 Å². The van der Waals surface area contributed by atoms with E-state index in [4.69, 9.17) is 10.5 Å². The van der Waals surface area contributed by atoms with Crippen LogP contribution in [0.25, 0.3) is 0 Å². The minimum atomic E-state index is -0.192. The van der Waals surface area contributed by atoms with E-state index in [0.717, 1.165) is 19.3 Å². The Balaban J connectivity index is 2.07. The Morgan fingerprint density at radius 1 is 1.36 bits per heavy atom. The molecule has 0 bridgehead atoms. The highest BCUT2D eigenvalue weighted by Gasteiger charge is 2.44. The number of hydrogen-bond donors (Lipinski definition) is 1. The summed E-state index contributed by atoms with van der Waals surface area (Å²) >= 11 is 0. The summed E-state index contributed by atoms with van der Waals surface area (Å²) in [5.41, 5.74) is 7.04. The first kappa shape index (κ1) is 14.9. The topological polar surface area (TPSA) is 76.1 Å². The Labute approximate surface area is 131 Å². The second-order valence-corrected chi connectivity index (χ2v) is 7.29. The molecule has 0 aromatic carbocycles. The van der Waals surface area contributed by atoms with Crippen molar-refractivity contribution in [2.75, 3.05) is 0 Å². The van der Waals surface area contributed by atoms with Crippen molar-refractivity contribution >= 4 is 5.78 Å². The molecule has 4 heteroatoms. The summed E-state index contributed by atoms with van der Waals surface area (Å²) in [6, 6.07) is 2.19. The lowest BCUT2D eigenvalue weighted by molar-refractivity contribution is -0.119. The smallest absolute Gasteiger partial charge is 0.204 e. The lowest BCUT2D eigenvalue weighted by Gasteiger charge is -2.39. The number of nitrogens with two attached hydrogens (primary N) is 1. The number of carbonyl (C=O) groups excluding carboxylic acids is 1. The fraction of sp³-hybridized carbons (Fsp3) is 0.556. The minimum absolute atomic E-state index is 0.114. The SMILES string of the molecule is CC1(C)CC(=O)C2=C(C1)OC(N)=C(C#N)[C@H]2[C@H]1CC=CCC1. The zero-order valence-electron chi connectivity index (χ0n) is 13.2. The van der Waals surface area contributed by atoms with Crippen LogP contribution in [0.15, 0.2) is 34.9 Å². The fourth-order valence-electron chi connectivity index (χ4n) is 3.92. The molecular formula is C18H22N2O2. The van der Waals surface area contributed by atoms with E-state index in [9.17, 15) is 10.1 Å². The van der Waals surface area contributed by atoms with Crippen molar-refractivity contribution in [2.24, 2.45) is 23.0 Å². The molecule has 0 unspecified atom stereocenters. The van der Waals surface area contributed by atoms with Gasteiger partial charge in [-0.3, -0.25) is 4.79 Å². The summed E-state index contributed by atoms with van der Waals surface area (Å²) < 4.78 is 5.70. The van der Waals surface area contributed by atoms with E-state index in [1.165, 1.54) is 0 Å². The lowest BCUT2D eigenvalue weighted by atomic mass is 9.67. The first-order valence-electron chi connectivity index (χ1n) is 7.92. The Morgan fingerprint density at radius 3 is 2.77 bits per heavy atom. The lowest BCUT2D eigenvalue weighted by Crippen LogP contribution is -2.37. The largest absolute Gasteiger partial charge is 0.444 e. The van der Waals surface area contributed by atoms with Crippen LogP contribution in [0, 0.1) is 28.6 Å². The van der Waals surface area contributed by atoms with Gasteiger partial charge in [0, 0.05) is 24.3 Å². The maximum Gasteiger partial charge on any atom is 0.204 e. The first-order valence-corrected chi connectivity index (χ1v) is 7.92. The van der Waals surface area contributed by atoms with Gasteiger partial charge in [-0.25, -0.2) is 0 Å². The molecule has 0 aromatic heterocycles. The van der Waals surface area contributed by atoms with E-state index < -0.39 is 0 Å². The van der Waals surface area contributed by atoms with Crippen LogP contribution < -0.4 is 5.73 Å². The zero-order valence-corrected chi connectivity index (χ0v) is 13.2. The van der Waals surface area contributed by atoms with Crippen molar-refractivity contribution in [3.63, 3.8) is 0 Å². The molecule has 0 radical (unpaired) electrons. The quantitative estimate of drug-likeness (QED) is 0.753. The van der Waals surface area contributed by atoms with E-state index in [-0.39, 0.29) is 28.9 Å². The van der Waals surface area contributed by atoms with Crippen molar-refractivity contribution < 1.29 is 9.53 Å². The van der Waals surface area contributed by atoms with Crippen LogP contribution in [0.3, 0.4) is 0 Å². The van der Waals surface area contributed by atoms with E-state index in [1.54, 1.807) is 0 Å². The van der Waals surface area contributed by atoms with Crippen LogP contribution in [0.2, 0.25) is 0 Å². The van der Waals surface area contributed by atoms with E-state index in [0.29, 0.717) is 29.7 Å². The Morgan fingerprint density at radius 2 is 2.14 bits per heavy atom. The zero-order chi connectivity index (χ0) is 15.9. The second-order valence-electron chi connectivity index (χ2n) is 7.29. The van der Waals surface area contributed by atoms with Gasteiger partial charge in [0.1, 0.15) is 11.8 Å². The number of nitriles is 1. The molecule has 0 saturated heterocycles. The summed E-state index contributed by atoms with van der Waals surface area (Å²) in [5.74, 6) is 1.06. The molecule has 2 aliphatic carbocycles. The maximum absolute atomic E-state index is 12.7. The van der Waals surface area contributed by atoms with Crippen molar-refractivity contribution in [2.45, 2.75) is 46.0 Å². The molecule has 0 amide bonds. The van der Waals surface area contributed by atoms with Crippen molar-refractivity contribution in [1.29, 1.82) is 5.26 Å². The number of rotatable bonds is 1. The van der Waals surface area contributed by atoms with Crippen LogP contribution in [-0.2, 0) is 9.53 Å². The van der Waals surface area contributed by atoms with Crippen LogP contribution in [0.5, 0.6) is 0 Å². The maximum atomic E-state index is 12.7. The van der Waals surface area contributed by atoms with Gasteiger partial charge < -0.3 is 10.5 Å². The molecule has 0 saturated carbocycles. The molecule has 4 nitrogen and oxygen atoms in total. The molecule has 2 atom stereocenters. The number of carbonyl (C=O) groups is 1. The number of hydrogen-bond acceptors (Lipinski definition) is 4. The third-order valence-corrected chi connectivity index (χ3v) is 4.90. The molecule has 1 heterocycles. The molecule has 116 valence electrons. The van der Waals surface area contributed by atoms with E-state index in [1.807, 2.05) is 0 Å². The number of Topliss-reactive ketones (excluding diaryl/α,β-unsaturated/α-hetero) is 1. The highest BCUT2D eigenvalue weighted by atomic mass is 16.5. The highest BCUT2D eigenvalue weighted by molar-refractivity contribution is 5.98. The summed E-state index contributed by atoms with van der Waals surface area (Å²) in [5, 5.41) is 9.52. The average Bonchev–Trinajstić information content (AvgIpc) is 2.45. The number of ketones is 1. The van der Waals surface area contributed by atoms with Crippen LogP contribution in [0.1, 0.15) is 46.0 Å². The van der Waals surface area contributed by atoms with Crippen molar-refractivity contribution in [3.05, 3.63) is 34.9 Å². The third kappa shape index (κ3) is 2.45. The van der Waals surface area contributed by atoms with Crippen molar-refractivity contribution in [3.8, 4) is 6.07 Å². The molecule has 3 rings (SSSR count). The number of allylic oxidation sites excluding steroid dienone is 5. The minimum Gasteiger partial charge on any atom is -0.444 e. The Hall–Kier alpha value is -2.02. The molecule has 0 aromatic rings. The summed E-state index contributed by atoms with van der Waals surface area (Å²) in [6.07, 6.45) is 8.37. The van der Waals surface area contributed by atoms with Crippen LogP contribution >= 0.6 is 0 Å². The van der Waals surface area contributed by atoms with E-state index in [2.05, 4.69) is 32.1 Å². The summed E-state index contributed by atoms with van der Waals surface area (Å²) in [6.45, 7) is 4.13. The van der Waals surface area contributed by atoms with Gasteiger partial charge in [-0.05, 0) is 30.6 Å². The van der Waals surface area contributed by atoms with Gasteiger partial charge in [0.05, 0.1) is 5.57 Å². The standard InChI is InChI=1S/C18H22N2O2/c1-18(2)8-13(21)16-14(9-18)22-17(20)12(10-19)15(16)11-6-4-3-5-7-11/h3-4,11,15H,5-9,20H2,1-2H3/t11-,15+/m0/s1. The predicted octanol–water partition coefficient (Wildman–Crippen LogP) is 3.33. The molecule has 0 fully saturated rings. The predicted molar refractivity (Wildman–Crippen MR) is 82.9 cm³/mol. The Bertz CT molecular complexity index is 646. The number of ether oxygens (including phenoxy) is 1. The fourth-order valence-corrected chi connectivity index (χ4v) is 3.92. The van der Waals surface area contributed by atoms with Crippen molar-refractivity contribution in [1.82, 2.24) is 0 Å². The van der Waals surface area contributed by atoms with Crippen LogP contribution in [-0.4, -0.2) is 5.78 Å². The molecule has 1 aliphatic heterocycles. The monoisotopic (exact) mass is 298 g/mol.